The average molecular weight is 215 g/mol. The fraction of sp³-hybridized carbons (Fsp3) is 0.538. The van der Waals surface area contributed by atoms with Gasteiger partial charge in [-0.1, -0.05) is 12.8 Å². The highest BCUT2D eigenvalue weighted by molar-refractivity contribution is 5.25. The van der Waals surface area contributed by atoms with E-state index in [0.29, 0.717) is 5.69 Å². The SMILES string of the molecule is N#Cc1cc(CNCC2CCCC2)ccn1. The second-order valence-electron chi connectivity index (χ2n) is 4.44. The molecular weight excluding hydrogens is 198 g/mol. The Kier molecular flexibility index (Phi) is 3.90. The molecule has 0 atom stereocenters. The number of aromatic nitrogens is 1. The minimum atomic E-state index is 0.500. The fourth-order valence-electron chi connectivity index (χ4n) is 2.28. The third-order valence-electron chi connectivity index (χ3n) is 3.18. The molecule has 1 aliphatic rings. The number of nitrogens with one attached hydrogen (secondary N) is 1. The van der Waals surface area contributed by atoms with Crippen molar-refractivity contribution in [1.82, 2.24) is 10.3 Å². The summed E-state index contributed by atoms with van der Waals surface area (Å²) in [7, 11) is 0. The first-order chi connectivity index (χ1) is 7.88. The fourth-order valence-corrected chi connectivity index (χ4v) is 2.28. The topological polar surface area (TPSA) is 48.7 Å². The lowest BCUT2D eigenvalue weighted by atomic mass is 10.1. The molecule has 0 saturated heterocycles. The Morgan fingerprint density at radius 2 is 2.25 bits per heavy atom. The van der Waals surface area contributed by atoms with E-state index in [2.05, 4.69) is 16.4 Å². The van der Waals surface area contributed by atoms with E-state index < -0.39 is 0 Å². The molecule has 3 heteroatoms. The van der Waals surface area contributed by atoms with Gasteiger partial charge in [-0.2, -0.15) is 5.26 Å². The Morgan fingerprint density at radius 1 is 1.44 bits per heavy atom. The Morgan fingerprint density at radius 3 is 3.00 bits per heavy atom. The molecule has 0 aromatic carbocycles. The summed E-state index contributed by atoms with van der Waals surface area (Å²) >= 11 is 0. The number of hydrogen-bond donors (Lipinski definition) is 1. The first-order valence-electron chi connectivity index (χ1n) is 5.94. The van der Waals surface area contributed by atoms with Crippen molar-refractivity contribution in [3.8, 4) is 6.07 Å². The van der Waals surface area contributed by atoms with Crippen LogP contribution in [0.4, 0.5) is 0 Å². The van der Waals surface area contributed by atoms with Crippen LogP contribution in [0.2, 0.25) is 0 Å². The van der Waals surface area contributed by atoms with Crippen molar-refractivity contribution in [3.63, 3.8) is 0 Å². The van der Waals surface area contributed by atoms with Gasteiger partial charge >= 0.3 is 0 Å². The molecule has 16 heavy (non-hydrogen) atoms. The van der Waals surface area contributed by atoms with Gasteiger partial charge in [0.2, 0.25) is 0 Å². The van der Waals surface area contributed by atoms with Crippen molar-refractivity contribution in [2.45, 2.75) is 32.2 Å². The molecule has 0 aliphatic heterocycles. The van der Waals surface area contributed by atoms with E-state index in [1.54, 1.807) is 6.20 Å². The molecular formula is C13H17N3. The van der Waals surface area contributed by atoms with E-state index in [9.17, 15) is 0 Å². The highest BCUT2D eigenvalue weighted by atomic mass is 14.9. The second kappa shape index (κ2) is 5.62. The predicted molar refractivity (Wildman–Crippen MR) is 62.6 cm³/mol. The quantitative estimate of drug-likeness (QED) is 0.838. The van der Waals surface area contributed by atoms with E-state index in [1.165, 1.54) is 25.7 Å². The van der Waals surface area contributed by atoms with Gasteiger partial charge in [0.25, 0.3) is 0 Å². The van der Waals surface area contributed by atoms with Crippen molar-refractivity contribution in [2.24, 2.45) is 5.92 Å². The summed E-state index contributed by atoms with van der Waals surface area (Å²) in [5.74, 6) is 0.859. The van der Waals surface area contributed by atoms with Crippen molar-refractivity contribution in [2.75, 3.05) is 6.54 Å². The van der Waals surface area contributed by atoms with Crippen LogP contribution in [0.15, 0.2) is 18.3 Å². The van der Waals surface area contributed by atoms with Crippen LogP contribution < -0.4 is 5.32 Å². The van der Waals surface area contributed by atoms with Crippen LogP contribution in [0.25, 0.3) is 0 Å². The lowest BCUT2D eigenvalue weighted by molar-refractivity contribution is 0.489. The van der Waals surface area contributed by atoms with Crippen LogP contribution in [0, 0.1) is 17.2 Å². The van der Waals surface area contributed by atoms with Gasteiger partial charge in [0.1, 0.15) is 11.8 Å². The molecule has 0 spiro atoms. The van der Waals surface area contributed by atoms with Gasteiger partial charge in [-0.3, -0.25) is 0 Å². The van der Waals surface area contributed by atoms with Crippen LogP contribution in [0.5, 0.6) is 0 Å². The van der Waals surface area contributed by atoms with Crippen LogP contribution in [0.3, 0.4) is 0 Å². The van der Waals surface area contributed by atoms with Gasteiger partial charge in [0.15, 0.2) is 0 Å². The Hall–Kier alpha value is -1.40. The van der Waals surface area contributed by atoms with E-state index in [0.717, 1.165) is 24.6 Å². The third-order valence-corrected chi connectivity index (χ3v) is 3.18. The molecule has 1 fully saturated rings. The molecule has 0 bridgehead atoms. The first kappa shape index (κ1) is 11.1. The van der Waals surface area contributed by atoms with Gasteiger partial charge < -0.3 is 5.32 Å². The maximum atomic E-state index is 8.73. The molecule has 0 amide bonds. The molecule has 0 unspecified atom stereocenters. The third kappa shape index (κ3) is 3.04. The molecule has 1 aromatic heterocycles. The molecule has 2 rings (SSSR count). The largest absolute Gasteiger partial charge is 0.312 e. The van der Waals surface area contributed by atoms with Crippen LogP contribution >= 0.6 is 0 Å². The molecule has 0 radical (unpaired) electrons. The number of nitrogens with zero attached hydrogens (tertiary/aromatic N) is 2. The monoisotopic (exact) mass is 215 g/mol. The van der Waals surface area contributed by atoms with Gasteiger partial charge in [0.05, 0.1) is 0 Å². The normalized spacial score (nSPS) is 16.2. The van der Waals surface area contributed by atoms with Crippen LogP contribution in [-0.4, -0.2) is 11.5 Å². The van der Waals surface area contributed by atoms with Crippen molar-refractivity contribution >= 4 is 0 Å². The van der Waals surface area contributed by atoms with Crippen molar-refractivity contribution < 1.29 is 0 Å². The number of rotatable bonds is 4. The van der Waals surface area contributed by atoms with Crippen molar-refractivity contribution in [1.29, 1.82) is 5.26 Å². The summed E-state index contributed by atoms with van der Waals surface area (Å²) in [6.45, 7) is 1.94. The standard InChI is InChI=1S/C13H17N3/c14-8-13-7-12(5-6-16-13)10-15-9-11-3-1-2-4-11/h5-7,11,15H,1-4,9-10H2. The van der Waals surface area contributed by atoms with E-state index in [4.69, 9.17) is 5.26 Å². The molecule has 1 aromatic rings. The summed E-state index contributed by atoms with van der Waals surface area (Å²) in [6.07, 6.45) is 7.21. The molecule has 1 saturated carbocycles. The van der Waals surface area contributed by atoms with E-state index in [1.807, 2.05) is 12.1 Å². The number of nitriles is 1. The Bertz CT molecular complexity index is 375. The van der Waals surface area contributed by atoms with E-state index >= 15 is 0 Å². The highest BCUT2D eigenvalue weighted by Gasteiger charge is 2.13. The summed E-state index contributed by atoms with van der Waals surface area (Å²) in [5.41, 5.74) is 1.64. The summed E-state index contributed by atoms with van der Waals surface area (Å²) in [4.78, 5) is 3.95. The van der Waals surface area contributed by atoms with Crippen molar-refractivity contribution in [3.05, 3.63) is 29.6 Å². The predicted octanol–water partition coefficient (Wildman–Crippen LogP) is 2.23. The lowest BCUT2D eigenvalue weighted by Crippen LogP contribution is -2.20. The molecule has 3 nitrogen and oxygen atoms in total. The van der Waals surface area contributed by atoms with Gasteiger partial charge in [-0.05, 0) is 43.0 Å². The van der Waals surface area contributed by atoms with Crippen LogP contribution in [0.1, 0.15) is 36.9 Å². The highest BCUT2D eigenvalue weighted by Crippen LogP contribution is 2.23. The molecule has 84 valence electrons. The minimum Gasteiger partial charge on any atom is -0.312 e. The molecule has 1 N–H and O–H groups in total. The summed E-state index contributed by atoms with van der Waals surface area (Å²) in [6, 6.07) is 5.87. The minimum absolute atomic E-state index is 0.500. The molecule has 1 heterocycles. The van der Waals surface area contributed by atoms with E-state index in [-0.39, 0.29) is 0 Å². The van der Waals surface area contributed by atoms with Gasteiger partial charge in [-0.25, -0.2) is 4.98 Å². The lowest BCUT2D eigenvalue weighted by Gasteiger charge is -2.10. The second-order valence-corrected chi connectivity index (χ2v) is 4.44. The van der Waals surface area contributed by atoms with Crippen LogP contribution in [-0.2, 0) is 6.54 Å². The summed E-state index contributed by atoms with van der Waals surface area (Å²) in [5, 5.41) is 12.2. The number of pyridine rings is 1. The van der Waals surface area contributed by atoms with Gasteiger partial charge in [-0.15, -0.1) is 0 Å². The maximum absolute atomic E-state index is 8.73. The zero-order chi connectivity index (χ0) is 11.2. The smallest absolute Gasteiger partial charge is 0.140 e. The maximum Gasteiger partial charge on any atom is 0.140 e. The Labute approximate surface area is 96.5 Å². The zero-order valence-corrected chi connectivity index (χ0v) is 9.45. The zero-order valence-electron chi connectivity index (χ0n) is 9.45. The summed E-state index contributed by atoms with van der Waals surface area (Å²) < 4.78 is 0. The first-order valence-corrected chi connectivity index (χ1v) is 5.94. The average Bonchev–Trinajstić information content (AvgIpc) is 2.82. The molecule has 1 aliphatic carbocycles. The number of hydrogen-bond acceptors (Lipinski definition) is 3. The van der Waals surface area contributed by atoms with Gasteiger partial charge in [0, 0.05) is 12.7 Å². The Balaban J connectivity index is 1.78.